The van der Waals surface area contributed by atoms with Crippen molar-refractivity contribution in [2.24, 2.45) is 0 Å². The average molecular weight is 430 g/mol. The fourth-order valence-electron chi connectivity index (χ4n) is 2.02. The Morgan fingerprint density at radius 3 is 2.56 bits per heavy atom. The zero-order valence-electron chi connectivity index (χ0n) is 14.2. The molecule has 1 amide bonds. The van der Waals surface area contributed by atoms with Crippen LogP contribution in [-0.2, 0) is 11.3 Å². The lowest BCUT2D eigenvalue weighted by Crippen LogP contribution is -2.46. The number of carbonyl (C=O) groups is 1. The van der Waals surface area contributed by atoms with Crippen LogP contribution in [0.1, 0.15) is 18.4 Å². The maximum absolute atomic E-state index is 12.8. The zero-order chi connectivity index (χ0) is 19.6. The molecule has 0 spiro atoms. The van der Waals surface area contributed by atoms with E-state index in [4.69, 9.17) is 40.2 Å². The first kappa shape index (κ1) is 21.2. The highest BCUT2D eigenvalue weighted by molar-refractivity contribution is 7.80. The van der Waals surface area contributed by atoms with Gasteiger partial charge in [-0.15, -0.1) is 0 Å². The molecular formula is C18H18Cl2FN3O2S. The highest BCUT2D eigenvalue weighted by Crippen LogP contribution is 2.27. The second-order valence-electron chi connectivity index (χ2n) is 5.51. The number of rotatable bonds is 7. The van der Waals surface area contributed by atoms with Crippen molar-refractivity contribution < 1.29 is 13.9 Å². The number of benzene rings is 2. The van der Waals surface area contributed by atoms with Crippen molar-refractivity contribution in [3.8, 4) is 5.75 Å². The minimum atomic E-state index is -0.297. The molecule has 27 heavy (non-hydrogen) atoms. The molecule has 2 rings (SSSR count). The smallest absolute Gasteiger partial charge is 0.238 e. The number of hydrogen-bond donors (Lipinski definition) is 3. The summed E-state index contributed by atoms with van der Waals surface area (Å²) in [5.41, 5.74) is 5.97. The molecule has 0 atom stereocenters. The Labute approximate surface area is 172 Å². The molecule has 0 fully saturated rings. The lowest BCUT2D eigenvalue weighted by Gasteiger charge is -2.12. The van der Waals surface area contributed by atoms with Crippen molar-refractivity contribution in [3.63, 3.8) is 0 Å². The largest absolute Gasteiger partial charge is 0.492 e. The van der Waals surface area contributed by atoms with E-state index in [1.54, 1.807) is 30.3 Å². The molecule has 0 unspecified atom stereocenters. The van der Waals surface area contributed by atoms with Gasteiger partial charge in [-0.3, -0.25) is 15.6 Å². The predicted molar refractivity (Wildman–Crippen MR) is 108 cm³/mol. The number of nitrogens with one attached hydrogen (secondary N) is 3. The van der Waals surface area contributed by atoms with Gasteiger partial charge >= 0.3 is 0 Å². The summed E-state index contributed by atoms with van der Waals surface area (Å²) in [5.74, 6) is -0.00784. The first-order chi connectivity index (χ1) is 12.9. The Balaban J connectivity index is 1.58. The van der Waals surface area contributed by atoms with Crippen LogP contribution >= 0.6 is 35.4 Å². The van der Waals surface area contributed by atoms with Gasteiger partial charge in [-0.25, -0.2) is 4.39 Å². The minimum absolute atomic E-state index is 0.230. The Bertz CT molecular complexity index is 791. The van der Waals surface area contributed by atoms with Gasteiger partial charge in [0.2, 0.25) is 5.91 Å². The molecular weight excluding hydrogens is 412 g/mol. The van der Waals surface area contributed by atoms with Crippen LogP contribution in [0.15, 0.2) is 42.5 Å². The summed E-state index contributed by atoms with van der Waals surface area (Å²) in [7, 11) is 0. The predicted octanol–water partition coefficient (Wildman–Crippen LogP) is 3.99. The first-order valence-corrected chi connectivity index (χ1v) is 9.25. The van der Waals surface area contributed by atoms with Crippen molar-refractivity contribution >= 4 is 46.4 Å². The Morgan fingerprint density at radius 1 is 1.11 bits per heavy atom. The Kier molecular flexibility index (Phi) is 8.57. The molecule has 0 saturated heterocycles. The molecule has 0 aromatic heterocycles. The maximum Gasteiger partial charge on any atom is 0.238 e. The number of carbonyl (C=O) groups excluding carboxylic acids is 1. The third-order valence-electron chi connectivity index (χ3n) is 3.38. The first-order valence-electron chi connectivity index (χ1n) is 8.09. The standard InChI is InChI=1S/C18H18Cl2FN3O2S/c19-13-5-8-16(15(20)10-13)26-9-1-2-17(25)23-24-18(27)22-11-12-3-6-14(21)7-4-12/h3-8,10H,1-2,9,11H2,(H,23,25)(H2,22,24,27). The van der Waals surface area contributed by atoms with Gasteiger partial charge < -0.3 is 10.1 Å². The second-order valence-corrected chi connectivity index (χ2v) is 6.76. The van der Waals surface area contributed by atoms with E-state index in [0.717, 1.165) is 5.56 Å². The van der Waals surface area contributed by atoms with Crippen molar-refractivity contribution in [1.29, 1.82) is 0 Å². The fraction of sp³-hybridized carbons (Fsp3) is 0.222. The molecule has 0 aliphatic heterocycles. The quantitative estimate of drug-likeness (QED) is 0.352. The summed E-state index contributed by atoms with van der Waals surface area (Å²) < 4.78 is 18.3. The average Bonchev–Trinajstić information content (AvgIpc) is 2.64. The topological polar surface area (TPSA) is 62.4 Å². The molecule has 0 radical (unpaired) electrons. The van der Waals surface area contributed by atoms with Crippen LogP contribution < -0.4 is 20.9 Å². The van der Waals surface area contributed by atoms with E-state index in [1.807, 2.05) is 0 Å². The van der Waals surface area contributed by atoms with Gasteiger partial charge in [0.15, 0.2) is 5.11 Å². The van der Waals surface area contributed by atoms with Crippen molar-refractivity contribution in [1.82, 2.24) is 16.2 Å². The summed E-state index contributed by atoms with van der Waals surface area (Å²) in [6, 6.07) is 11.0. The number of amides is 1. The van der Waals surface area contributed by atoms with E-state index in [-0.39, 0.29) is 23.3 Å². The van der Waals surface area contributed by atoms with Crippen molar-refractivity contribution in [3.05, 3.63) is 63.9 Å². The third kappa shape index (κ3) is 7.99. The number of halogens is 3. The number of ether oxygens (including phenoxy) is 1. The van der Waals surface area contributed by atoms with Crippen LogP contribution in [0, 0.1) is 5.82 Å². The van der Waals surface area contributed by atoms with E-state index in [2.05, 4.69) is 16.2 Å². The summed E-state index contributed by atoms with van der Waals surface area (Å²) in [5, 5.41) is 4.12. The van der Waals surface area contributed by atoms with E-state index in [9.17, 15) is 9.18 Å². The third-order valence-corrected chi connectivity index (χ3v) is 4.16. The molecule has 0 aliphatic rings. The summed E-state index contributed by atoms with van der Waals surface area (Å²) in [4.78, 5) is 11.8. The maximum atomic E-state index is 12.8. The van der Waals surface area contributed by atoms with Crippen LogP contribution in [-0.4, -0.2) is 17.6 Å². The lowest BCUT2D eigenvalue weighted by molar-refractivity contribution is -0.121. The van der Waals surface area contributed by atoms with Gasteiger partial charge in [-0.05, 0) is 54.5 Å². The van der Waals surface area contributed by atoms with Gasteiger partial charge in [0.1, 0.15) is 11.6 Å². The van der Waals surface area contributed by atoms with Gasteiger partial charge in [-0.1, -0.05) is 35.3 Å². The summed E-state index contributed by atoms with van der Waals surface area (Å²) >= 11 is 16.9. The molecule has 0 bridgehead atoms. The highest BCUT2D eigenvalue weighted by Gasteiger charge is 2.05. The Morgan fingerprint density at radius 2 is 1.85 bits per heavy atom. The Hall–Kier alpha value is -2.09. The molecule has 2 aromatic rings. The van der Waals surface area contributed by atoms with Crippen molar-refractivity contribution in [2.75, 3.05) is 6.61 Å². The van der Waals surface area contributed by atoms with Crippen LogP contribution in [0.3, 0.4) is 0 Å². The zero-order valence-corrected chi connectivity index (χ0v) is 16.6. The highest BCUT2D eigenvalue weighted by atomic mass is 35.5. The minimum Gasteiger partial charge on any atom is -0.492 e. The molecule has 9 heteroatoms. The molecule has 0 aliphatic carbocycles. The monoisotopic (exact) mass is 429 g/mol. The molecule has 144 valence electrons. The van der Waals surface area contributed by atoms with Crippen LogP contribution in [0.5, 0.6) is 5.75 Å². The number of hydrazine groups is 1. The van der Waals surface area contributed by atoms with Crippen LogP contribution in [0.2, 0.25) is 10.0 Å². The number of thiocarbonyl (C=S) groups is 1. The van der Waals surface area contributed by atoms with E-state index < -0.39 is 0 Å². The summed E-state index contributed by atoms with van der Waals surface area (Å²) in [6.45, 7) is 0.750. The normalized spacial score (nSPS) is 10.2. The van der Waals surface area contributed by atoms with Gasteiger partial charge in [-0.2, -0.15) is 0 Å². The molecule has 5 nitrogen and oxygen atoms in total. The van der Waals surface area contributed by atoms with E-state index >= 15 is 0 Å². The van der Waals surface area contributed by atoms with Gasteiger partial charge in [0.25, 0.3) is 0 Å². The fourth-order valence-corrected chi connectivity index (χ4v) is 2.61. The van der Waals surface area contributed by atoms with Gasteiger partial charge in [0, 0.05) is 18.0 Å². The summed E-state index contributed by atoms with van der Waals surface area (Å²) in [6.07, 6.45) is 0.751. The molecule has 0 heterocycles. The molecule has 3 N–H and O–H groups in total. The number of hydrogen-bond acceptors (Lipinski definition) is 3. The van der Waals surface area contributed by atoms with Crippen LogP contribution in [0.4, 0.5) is 4.39 Å². The van der Waals surface area contributed by atoms with Crippen molar-refractivity contribution in [2.45, 2.75) is 19.4 Å². The van der Waals surface area contributed by atoms with E-state index in [1.165, 1.54) is 12.1 Å². The lowest BCUT2D eigenvalue weighted by atomic mass is 10.2. The second kappa shape index (κ2) is 10.9. The van der Waals surface area contributed by atoms with Gasteiger partial charge in [0.05, 0.1) is 11.6 Å². The SMILES string of the molecule is O=C(CCCOc1ccc(Cl)cc1Cl)NNC(=S)NCc1ccc(F)cc1. The molecule has 2 aromatic carbocycles. The van der Waals surface area contributed by atoms with Crippen LogP contribution in [0.25, 0.3) is 0 Å². The van der Waals surface area contributed by atoms with E-state index in [0.29, 0.717) is 35.4 Å². The molecule has 0 saturated carbocycles.